The molecule has 12 nitrogen and oxygen atoms in total. The van der Waals surface area contributed by atoms with Gasteiger partial charge in [0.25, 0.3) is 5.91 Å². The zero-order valence-electron chi connectivity index (χ0n) is 21.8. The molecule has 1 saturated heterocycles. The molecular formula is C27H35N7O5. The maximum atomic E-state index is 13.0. The summed E-state index contributed by atoms with van der Waals surface area (Å²) in [6.45, 7) is 1.30. The van der Waals surface area contributed by atoms with Crippen LogP contribution in [0.1, 0.15) is 60.1 Å². The third kappa shape index (κ3) is 8.13. The highest BCUT2D eigenvalue weighted by molar-refractivity contribution is 6.00. The fourth-order valence-electron chi connectivity index (χ4n) is 5.00. The van der Waals surface area contributed by atoms with Gasteiger partial charge in [0.05, 0.1) is 0 Å². The average Bonchev–Trinajstić information content (AvgIpc) is 3.33. The Labute approximate surface area is 227 Å². The van der Waals surface area contributed by atoms with Gasteiger partial charge >= 0.3 is 12.1 Å². The first-order valence-electron chi connectivity index (χ1n) is 13.4. The van der Waals surface area contributed by atoms with Crippen LogP contribution >= 0.6 is 0 Å². The van der Waals surface area contributed by atoms with Gasteiger partial charge in [-0.15, -0.1) is 0 Å². The predicted molar refractivity (Wildman–Crippen MR) is 143 cm³/mol. The Morgan fingerprint density at radius 1 is 0.897 bits per heavy atom. The minimum absolute atomic E-state index is 0.0105. The molecule has 2 aromatic rings. The van der Waals surface area contributed by atoms with Crippen molar-refractivity contribution in [2.24, 2.45) is 0 Å². The predicted octanol–water partition coefficient (Wildman–Crippen LogP) is 2.31. The van der Waals surface area contributed by atoms with E-state index in [0.29, 0.717) is 51.7 Å². The number of carbonyl (C=O) groups excluding carboxylic acids is 3. The number of likely N-dealkylation sites (tertiary alicyclic amines) is 1. The molecule has 0 spiro atoms. The molecule has 1 aromatic carbocycles. The van der Waals surface area contributed by atoms with Crippen molar-refractivity contribution in [1.82, 2.24) is 30.8 Å². The van der Waals surface area contributed by atoms with E-state index in [1.54, 1.807) is 4.90 Å². The van der Waals surface area contributed by atoms with Crippen molar-refractivity contribution >= 4 is 29.8 Å². The number of fused-ring (bicyclic) bond motifs is 1. The van der Waals surface area contributed by atoms with Crippen LogP contribution in [0.3, 0.4) is 0 Å². The number of anilines is 1. The molecule has 1 fully saturated rings. The van der Waals surface area contributed by atoms with E-state index in [1.165, 1.54) is 23.5 Å². The third-order valence-electron chi connectivity index (χ3n) is 7.03. The molecule has 4 rings (SSSR count). The van der Waals surface area contributed by atoms with Gasteiger partial charge in [0.1, 0.15) is 0 Å². The zero-order valence-corrected chi connectivity index (χ0v) is 21.8. The summed E-state index contributed by atoms with van der Waals surface area (Å²) in [4.78, 5) is 58.6. The van der Waals surface area contributed by atoms with Gasteiger partial charge in [0, 0.05) is 50.5 Å². The van der Waals surface area contributed by atoms with Crippen molar-refractivity contribution < 1.29 is 24.3 Å². The highest BCUT2D eigenvalue weighted by Gasteiger charge is 2.27. The van der Waals surface area contributed by atoms with Crippen molar-refractivity contribution in [3.05, 3.63) is 53.5 Å². The molecule has 0 bridgehead atoms. The molecule has 5 N–H and O–H groups in total. The molecule has 0 atom stereocenters. The lowest BCUT2D eigenvalue weighted by Gasteiger charge is -2.32. The van der Waals surface area contributed by atoms with E-state index in [4.69, 9.17) is 5.11 Å². The van der Waals surface area contributed by atoms with Gasteiger partial charge in [-0.2, -0.15) is 0 Å². The lowest BCUT2D eigenvalue weighted by Crippen LogP contribution is -2.48. The van der Waals surface area contributed by atoms with Gasteiger partial charge in [-0.3, -0.25) is 14.9 Å². The van der Waals surface area contributed by atoms with Crippen LogP contribution < -0.4 is 21.3 Å². The average molecular weight is 538 g/mol. The number of amides is 5. The molecule has 12 heteroatoms. The number of nitrogens with zero attached hydrogens (tertiary/aromatic N) is 3. The molecular weight excluding hydrogens is 502 g/mol. The molecule has 1 aliphatic heterocycles. The molecule has 208 valence electrons. The summed E-state index contributed by atoms with van der Waals surface area (Å²) in [5, 5.41) is 19.6. The Morgan fingerprint density at radius 3 is 2.28 bits per heavy atom. The summed E-state index contributed by atoms with van der Waals surface area (Å²) in [6.07, 6.45) is 7.10. The smallest absolute Gasteiger partial charge is 0.404 e. The number of carboxylic acid groups (broad SMARTS) is 1. The monoisotopic (exact) mass is 537 g/mol. The summed E-state index contributed by atoms with van der Waals surface area (Å²) < 4.78 is 0. The number of piperidine rings is 1. The minimum atomic E-state index is -1.04. The highest BCUT2D eigenvalue weighted by atomic mass is 16.4. The first-order valence-corrected chi connectivity index (χ1v) is 13.4. The standard InChI is InChI=1S/C27H35N7O5/c35-22(8-2-1-5-11-30-27(38)39)31-20-9-14-34(15-10-20)26(37)33-24-23(28-12-13-29-24)25(36)32-21-16-18-6-3-4-7-19(18)17-21/h3-4,6-7,12-13,20-21,30H,1-2,5,8-11,14-17H2,(H,31,35)(H,32,36)(H,38,39)(H,29,33,37). The van der Waals surface area contributed by atoms with E-state index in [9.17, 15) is 19.2 Å². The summed E-state index contributed by atoms with van der Waals surface area (Å²) in [5.41, 5.74) is 2.52. The summed E-state index contributed by atoms with van der Waals surface area (Å²) in [6, 6.07) is 7.70. The van der Waals surface area contributed by atoms with E-state index >= 15 is 0 Å². The van der Waals surface area contributed by atoms with Crippen molar-refractivity contribution in [1.29, 1.82) is 0 Å². The fraction of sp³-hybridized carbons (Fsp3) is 0.481. The first kappa shape index (κ1) is 27.8. The Hall–Kier alpha value is -4.22. The molecule has 0 radical (unpaired) electrons. The SMILES string of the molecule is O=C(O)NCCCCCC(=O)NC1CCN(C(=O)Nc2nccnc2C(=O)NC2Cc3ccccc3C2)CC1. The van der Waals surface area contributed by atoms with Crippen LogP contribution in [0.5, 0.6) is 0 Å². The highest BCUT2D eigenvalue weighted by Crippen LogP contribution is 2.22. The number of hydrogen-bond donors (Lipinski definition) is 5. The van der Waals surface area contributed by atoms with E-state index in [1.807, 2.05) is 12.1 Å². The van der Waals surface area contributed by atoms with Crippen LogP contribution in [0.2, 0.25) is 0 Å². The van der Waals surface area contributed by atoms with Gasteiger partial charge in [-0.05, 0) is 49.7 Å². The quantitative estimate of drug-likeness (QED) is 0.290. The number of hydrogen-bond acceptors (Lipinski definition) is 6. The topological polar surface area (TPSA) is 166 Å². The molecule has 39 heavy (non-hydrogen) atoms. The second-order valence-electron chi connectivity index (χ2n) is 9.90. The largest absolute Gasteiger partial charge is 0.465 e. The zero-order chi connectivity index (χ0) is 27.6. The van der Waals surface area contributed by atoms with Crippen molar-refractivity contribution in [3.8, 4) is 0 Å². The van der Waals surface area contributed by atoms with E-state index < -0.39 is 6.09 Å². The minimum Gasteiger partial charge on any atom is -0.465 e. The lowest BCUT2D eigenvalue weighted by atomic mass is 10.0. The molecule has 0 saturated carbocycles. The number of unbranched alkanes of at least 4 members (excludes halogenated alkanes) is 2. The Balaban J connectivity index is 1.19. The van der Waals surface area contributed by atoms with Crippen molar-refractivity contribution in [2.45, 2.75) is 63.5 Å². The molecule has 5 amide bonds. The van der Waals surface area contributed by atoms with Crippen LogP contribution in [-0.2, 0) is 17.6 Å². The molecule has 2 aliphatic rings. The second-order valence-corrected chi connectivity index (χ2v) is 9.90. The van der Waals surface area contributed by atoms with Gasteiger partial charge in [0.15, 0.2) is 11.5 Å². The van der Waals surface area contributed by atoms with Crippen LogP contribution in [0.25, 0.3) is 0 Å². The van der Waals surface area contributed by atoms with Gasteiger partial charge < -0.3 is 26.0 Å². The number of benzene rings is 1. The number of aromatic nitrogens is 2. The molecule has 1 aliphatic carbocycles. The van der Waals surface area contributed by atoms with Crippen LogP contribution in [0.15, 0.2) is 36.7 Å². The molecule has 1 aromatic heterocycles. The molecule has 0 unspecified atom stereocenters. The van der Waals surface area contributed by atoms with Crippen LogP contribution in [-0.4, -0.2) is 75.6 Å². The summed E-state index contributed by atoms with van der Waals surface area (Å²) >= 11 is 0. The summed E-state index contributed by atoms with van der Waals surface area (Å²) in [5.74, 6) is -0.301. The van der Waals surface area contributed by atoms with Gasteiger partial charge in [-0.1, -0.05) is 30.7 Å². The maximum absolute atomic E-state index is 13.0. The number of rotatable bonds is 10. The Kier molecular flexibility index (Phi) is 9.65. The van der Waals surface area contributed by atoms with Gasteiger partial charge in [-0.25, -0.2) is 19.6 Å². The Morgan fingerprint density at radius 2 is 1.59 bits per heavy atom. The second kappa shape index (κ2) is 13.5. The summed E-state index contributed by atoms with van der Waals surface area (Å²) in [7, 11) is 0. The fourth-order valence-corrected chi connectivity index (χ4v) is 5.00. The van der Waals surface area contributed by atoms with E-state index in [2.05, 4.69) is 43.4 Å². The van der Waals surface area contributed by atoms with E-state index in [0.717, 1.165) is 19.3 Å². The maximum Gasteiger partial charge on any atom is 0.404 e. The number of carbonyl (C=O) groups is 4. The lowest BCUT2D eigenvalue weighted by molar-refractivity contribution is -0.122. The van der Waals surface area contributed by atoms with Gasteiger partial charge in [0.2, 0.25) is 5.91 Å². The third-order valence-corrected chi connectivity index (χ3v) is 7.03. The number of urea groups is 1. The van der Waals surface area contributed by atoms with Crippen LogP contribution in [0, 0.1) is 0 Å². The Bertz CT molecular complexity index is 1160. The van der Waals surface area contributed by atoms with Crippen molar-refractivity contribution in [2.75, 3.05) is 25.0 Å². The van der Waals surface area contributed by atoms with E-state index in [-0.39, 0.29) is 41.4 Å². The van der Waals surface area contributed by atoms with Crippen LogP contribution in [0.4, 0.5) is 15.4 Å². The normalized spacial score (nSPS) is 15.3. The number of nitrogens with one attached hydrogen (secondary N) is 4. The molecule has 2 heterocycles. The first-order chi connectivity index (χ1) is 18.9. The van der Waals surface area contributed by atoms with Crippen molar-refractivity contribution in [3.63, 3.8) is 0 Å².